The van der Waals surface area contributed by atoms with Crippen molar-refractivity contribution in [1.82, 2.24) is 19.4 Å². The highest BCUT2D eigenvalue weighted by Crippen LogP contribution is 2.20. The van der Waals surface area contributed by atoms with Crippen LogP contribution in [0, 0.1) is 17.8 Å². The smallest absolute Gasteiger partial charge is 0.409 e. The number of nitrogens with one attached hydrogen (secondary N) is 1. The number of carbonyl (C=O) groups is 2. The maximum Gasteiger partial charge on any atom is 0.409 e. The van der Waals surface area contributed by atoms with Crippen molar-refractivity contribution in [2.45, 2.75) is 54.5 Å². The number of ether oxygens (including phenoxy) is 1. The molecule has 0 bridgehead atoms. The molecule has 11 heteroatoms. The van der Waals surface area contributed by atoms with Crippen LogP contribution in [-0.4, -0.2) is 77.2 Å². The molecule has 3 N–H and O–H groups in total. The van der Waals surface area contributed by atoms with E-state index < -0.39 is 11.2 Å². The number of anilines is 2. The SMILES string of the molecule is CC(C)COC(=O)N1CCCN(CC(=O)N(CC(C)C)c2c(N)n(CC(C)C)c(=O)[nH]c2=O)CC1. The van der Waals surface area contributed by atoms with Gasteiger partial charge in [0.05, 0.1) is 13.2 Å². The molecule has 0 saturated carbocycles. The summed E-state index contributed by atoms with van der Waals surface area (Å²) in [5, 5.41) is 0. The minimum atomic E-state index is -0.670. The van der Waals surface area contributed by atoms with Crippen LogP contribution in [0.1, 0.15) is 48.0 Å². The number of nitrogens with two attached hydrogens (primary N) is 1. The summed E-state index contributed by atoms with van der Waals surface area (Å²) in [5.41, 5.74) is 5.04. The number of aromatic nitrogens is 2. The first kappa shape index (κ1) is 28.4. The topological polar surface area (TPSA) is 134 Å². The number of hydrogen-bond acceptors (Lipinski definition) is 7. The Morgan fingerprint density at radius 2 is 1.69 bits per heavy atom. The molecule has 2 heterocycles. The van der Waals surface area contributed by atoms with Crippen molar-refractivity contribution in [1.29, 1.82) is 0 Å². The molecule has 1 aliphatic heterocycles. The van der Waals surface area contributed by atoms with Crippen molar-refractivity contribution in [3.8, 4) is 0 Å². The first-order valence-corrected chi connectivity index (χ1v) is 12.5. The second-order valence-electron chi connectivity index (χ2n) is 10.5. The lowest BCUT2D eigenvalue weighted by Gasteiger charge is -2.29. The Bertz CT molecular complexity index is 984. The predicted octanol–water partition coefficient (Wildman–Crippen LogP) is 1.56. The van der Waals surface area contributed by atoms with E-state index in [1.165, 1.54) is 9.47 Å². The van der Waals surface area contributed by atoms with Gasteiger partial charge in [0, 0.05) is 39.3 Å². The predicted molar refractivity (Wildman–Crippen MR) is 137 cm³/mol. The van der Waals surface area contributed by atoms with Gasteiger partial charge in [0.2, 0.25) is 5.91 Å². The molecule has 0 aliphatic carbocycles. The zero-order valence-corrected chi connectivity index (χ0v) is 22.0. The van der Waals surface area contributed by atoms with Gasteiger partial charge in [-0.3, -0.25) is 24.0 Å². The van der Waals surface area contributed by atoms with E-state index in [9.17, 15) is 19.2 Å². The molecule has 0 radical (unpaired) electrons. The van der Waals surface area contributed by atoms with Crippen molar-refractivity contribution in [2.24, 2.45) is 17.8 Å². The third-order valence-corrected chi connectivity index (χ3v) is 5.63. The summed E-state index contributed by atoms with van der Waals surface area (Å²) < 4.78 is 6.66. The van der Waals surface area contributed by atoms with E-state index in [1.807, 2.05) is 46.4 Å². The molecule has 1 aliphatic rings. The van der Waals surface area contributed by atoms with E-state index in [1.54, 1.807) is 4.90 Å². The van der Waals surface area contributed by atoms with E-state index in [4.69, 9.17) is 10.5 Å². The summed E-state index contributed by atoms with van der Waals surface area (Å²) in [6.45, 7) is 15.0. The highest BCUT2D eigenvalue weighted by atomic mass is 16.6. The number of carbonyl (C=O) groups excluding carboxylic acids is 2. The molecule has 198 valence electrons. The van der Waals surface area contributed by atoms with E-state index in [0.717, 1.165) is 0 Å². The molecule has 0 unspecified atom stereocenters. The van der Waals surface area contributed by atoms with Gasteiger partial charge in [0.1, 0.15) is 5.82 Å². The molecule has 1 saturated heterocycles. The van der Waals surface area contributed by atoms with Gasteiger partial charge in [-0.25, -0.2) is 9.59 Å². The average Bonchev–Trinajstić information content (AvgIpc) is 2.99. The van der Waals surface area contributed by atoms with Crippen molar-refractivity contribution < 1.29 is 14.3 Å². The van der Waals surface area contributed by atoms with E-state index in [0.29, 0.717) is 45.8 Å². The Morgan fingerprint density at radius 3 is 2.29 bits per heavy atom. The highest BCUT2D eigenvalue weighted by molar-refractivity contribution is 5.96. The van der Waals surface area contributed by atoms with Crippen molar-refractivity contribution in [3.63, 3.8) is 0 Å². The van der Waals surface area contributed by atoms with Crippen LogP contribution in [0.15, 0.2) is 9.59 Å². The van der Waals surface area contributed by atoms with Crippen molar-refractivity contribution in [2.75, 3.05) is 56.5 Å². The Morgan fingerprint density at radius 1 is 1.00 bits per heavy atom. The zero-order chi connectivity index (χ0) is 26.3. The second kappa shape index (κ2) is 12.8. The molecule has 0 spiro atoms. The van der Waals surface area contributed by atoms with Gasteiger partial charge in [0.25, 0.3) is 5.56 Å². The first-order valence-electron chi connectivity index (χ1n) is 12.5. The molecule has 0 aromatic carbocycles. The normalized spacial score (nSPS) is 15.1. The number of rotatable bonds is 9. The molecule has 1 fully saturated rings. The Kier molecular flexibility index (Phi) is 10.4. The molecule has 11 nitrogen and oxygen atoms in total. The standard InChI is InChI=1S/C24H42N6O5/c1-16(2)12-29(20-21(25)30(13-17(3)4)23(33)26-22(20)32)19(31)14-27-8-7-9-28(11-10-27)24(34)35-15-18(5)6/h16-18H,7-15,25H2,1-6H3,(H,26,32,33). The molecule has 1 aromatic rings. The quantitative estimate of drug-likeness (QED) is 0.532. The van der Waals surface area contributed by atoms with Crippen LogP contribution in [0.4, 0.5) is 16.3 Å². The molecule has 35 heavy (non-hydrogen) atoms. The van der Waals surface area contributed by atoms with Crippen LogP contribution in [0.3, 0.4) is 0 Å². The van der Waals surface area contributed by atoms with Crippen molar-refractivity contribution in [3.05, 3.63) is 20.8 Å². The Labute approximate surface area is 207 Å². The zero-order valence-electron chi connectivity index (χ0n) is 22.0. The lowest BCUT2D eigenvalue weighted by Crippen LogP contribution is -2.47. The van der Waals surface area contributed by atoms with E-state index in [-0.39, 0.29) is 54.3 Å². The fourth-order valence-corrected chi connectivity index (χ4v) is 3.99. The number of nitrogens with zero attached hydrogens (tertiary/aromatic N) is 4. The fourth-order valence-electron chi connectivity index (χ4n) is 3.99. The molecular formula is C24H42N6O5. The lowest BCUT2D eigenvalue weighted by molar-refractivity contribution is -0.119. The number of nitrogen functional groups attached to an aromatic ring is 1. The van der Waals surface area contributed by atoms with Crippen molar-refractivity contribution >= 4 is 23.5 Å². The minimum Gasteiger partial charge on any atom is -0.449 e. The molecular weight excluding hydrogens is 452 g/mol. The number of hydrogen-bond donors (Lipinski definition) is 2. The average molecular weight is 495 g/mol. The largest absolute Gasteiger partial charge is 0.449 e. The maximum absolute atomic E-state index is 13.5. The van der Waals surface area contributed by atoms with Gasteiger partial charge < -0.3 is 20.3 Å². The molecule has 0 atom stereocenters. The summed E-state index contributed by atoms with van der Waals surface area (Å²) in [4.78, 5) is 58.3. The number of aromatic amines is 1. The number of amides is 2. The van der Waals surface area contributed by atoms with Crippen LogP contribution in [-0.2, 0) is 16.1 Å². The fraction of sp³-hybridized carbons (Fsp3) is 0.750. The number of H-pyrrole nitrogens is 1. The first-order chi connectivity index (χ1) is 16.4. The maximum atomic E-state index is 13.5. The van der Waals surface area contributed by atoms with Gasteiger partial charge in [-0.15, -0.1) is 0 Å². The van der Waals surface area contributed by atoms with Gasteiger partial charge in [0.15, 0.2) is 5.69 Å². The third kappa shape index (κ3) is 8.12. The minimum absolute atomic E-state index is 0.00334. The van der Waals surface area contributed by atoms with Gasteiger partial charge in [-0.2, -0.15) is 0 Å². The van der Waals surface area contributed by atoms with Crippen LogP contribution in [0.2, 0.25) is 0 Å². The molecule has 1 aromatic heterocycles. The lowest BCUT2D eigenvalue weighted by atomic mass is 10.2. The molecule has 2 rings (SSSR count). The summed E-state index contributed by atoms with van der Waals surface area (Å²) in [5.74, 6) is 0.171. The third-order valence-electron chi connectivity index (χ3n) is 5.63. The second-order valence-corrected chi connectivity index (χ2v) is 10.5. The van der Waals surface area contributed by atoms with Gasteiger partial charge in [-0.1, -0.05) is 41.5 Å². The van der Waals surface area contributed by atoms with Gasteiger partial charge >= 0.3 is 11.8 Å². The van der Waals surface area contributed by atoms with Gasteiger partial charge in [-0.05, 0) is 24.2 Å². The summed E-state index contributed by atoms with van der Waals surface area (Å²) >= 11 is 0. The van der Waals surface area contributed by atoms with Crippen LogP contribution < -0.4 is 21.9 Å². The summed E-state index contributed by atoms with van der Waals surface area (Å²) in [6, 6.07) is 0. The summed E-state index contributed by atoms with van der Waals surface area (Å²) in [6.07, 6.45) is 0.371. The Hall–Kier alpha value is -2.82. The van der Waals surface area contributed by atoms with Crippen LogP contribution >= 0.6 is 0 Å². The summed E-state index contributed by atoms with van der Waals surface area (Å²) in [7, 11) is 0. The van der Waals surface area contributed by atoms with E-state index in [2.05, 4.69) is 4.98 Å². The van der Waals surface area contributed by atoms with Crippen LogP contribution in [0.5, 0.6) is 0 Å². The highest BCUT2D eigenvalue weighted by Gasteiger charge is 2.28. The van der Waals surface area contributed by atoms with E-state index >= 15 is 0 Å². The Balaban J connectivity index is 2.21. The van der Waals surface area contributed by atoms with Crippen LogP contribution in [0.25, 0.3) is 0 Å². The monoisotopic (exact) mass is 494 g/mol. The molecule has 2 amide bonds.